The van der Waals surface area contributed by atoms with Crippen LogP contribution in [0, 0.1) is 18.3 Å². The highest BCUT2D eigenvalue weighted by molar-refractivity contribution is 5.98. The van der Waals surface area contributed by atoms with Gasteiger partial charge >= 0.3 is 0 Å². The summed E-state index contributed by atoms with van der Waals surface area (Å²) in [5.74, 6) is 0.266. The fourth-order valence-corrected chi connectivity index (χ4v) is 2.26. The number of methoxy groups -OCH3 is 1. The number of amides is 1. The fraction of sp³-hybridized carbons (Fsp3) is 0.294. The monoisotopic (exact) mass is 314 g/mol. The number of carbonyl (C=O) groups is 1. The molecule has 0 saturated carbocycles. The number of aryl methyl sites for hydroxylation is 1. The average molecular weight is 314 g/mol. The predicted octanol–water partition coefficient (Wildman–Crippen LogP) is 2.86. The van der Waals surface area contributed by atoms with Gasteiger partial charge in [-0.3, -0.25) is 4.79 Å². The van der Waals surface area contributed by atoms with E-state index in [2.05, 4.69) is 0 Å². The van der Waals surface area contributed by atoms with Crippen LogP contribution in [0.5, 0.6) is 11.5 Å². The molecule has 23 heavy (non-hydrogen) atoms. The van der Waals surface area contributed by atoms with E-state index in [0.717, 1.165) is 5.56 Å². The summed E-state index contributed by atoms with van der Waals surface area (Å²) in [5.41, 5.74) is 0.938. The van der Waals surface area contributed by atoms with Gasteiger partial charge in [0.2, 0.25) is 0 Å². The first-order valence-corrected chi connectivity index (χ1v) is 7.13. The van der Waals surface area contributed by atoms with Gasteiger partial charge in [-0.05, 0) is 36.8 Å². The minimum atomic E-state index is -0.379. The van der Waals surface area contributed by atoms with Gasteiger partial charge in [0.1, 0.15) is 5.76 Å². The quantitative estimate of drug-likeness (QED) is 0.886. The van der Waals surface area contributed by atoms with Crippen molar-refractivity contribution in [2.24, 2.45) is 0 Å². The molecular weight excluding hydrogens is 296 g/mol. The number of phenolic OH excluding ortho intramolecular Hbond substituents is 1. The average Bonchev–Trinajstić information content (AvgIpc) is 3.05. The summed E-state index contributed by atoms with van der Waals surface area (Å²) in [6, 6.07) is 8.76. The summed E-state index contributed by atoms with van der Waals surface area (Å²) in [6.07, 6.45) is 1.71. The standard InChI is InChI=1S/C17H18N2O4/c1-12-9-14(16(20)15(10-12)22-2)17(21)19(7-4-6-18)11-13-5-3-8-23-13/h3,5,8-10,20H,4,7,11H2,1-2H3. The summed E-state index contributed by atoms with van der Waals surface area (Å²) < 4.78 is 10.4. The lowest BCUT2D eigenvalue weighted by molar-refractivity contribution is 0.0731. The molecule has 0 bridgehead atoms. The number of nitrogens with zero attached hydrogens (tertiary/aromatic N) is 2. The number of aromatic hydroxyl groups is 1. The van der Waals surface area contributed by atoms with Crippen molar-refractivity contribution in [3.8, 4) is 17.6 Å². The molecule has 6 nitrogen and oxygen atoms in total. The highest BCUT2D eigenvalue weighted by Gasteiger charge is 2.22. The Morgan fingerprint density at radius 2 is 2.26 bits per heavy atom. The molecule has 1 aromatic heterocycles. The van der Waals surface area contributed by atoms with E-state index in [1.54, 1.807) is 24.3 Å². The molecule has 0 aliphatic carbocycles. The molecule has 0 aliphatic rings. The molecule has 1 heterocycles. The second-order valence-corrected chi connectivity index (χ2v) is 5.08. The van der Waals surface area contributed by atoms with Gasteiger partial charge in [0.25, 0.3) is 5.91 Å². The minimum Gasteiger partial charge on any atom is -0.504 e. The molecule has 2 aromatic rings. The van der Waals surface area contributed by atoms with Gasteiger partial charge in [0.05, 0.1) is 38.0 Å². The first-order valence-electron chi connectivity index (χ1n) is 7.13. The van der Waals surface area contributed by atoms with Gasteiger partial charge in [0.15, 0.2) is 11.5 Å². The van der Waals surface area contributed by atoms with Gasteiger partial charge in [-0.2, -0.15) is 5.26 Å². The van der Waals surface area contributed by atoms with Crippen LogP contribution in [0.1, 0.15) is 28.1 Å². The number of rotatable bonds is 6. The van der Waals surface area contributed by atoms with Gasteiger partial charge < -0.3 is 19.2 Å². The zero-order valence-corrected chi connectivity index (χ0v) is 13.1. The number of nitriles is 1. The summed E-state index contributed by atoms with van der Waals surface area (Å²) >= 11 is 0. The summed E-state index contributed by atoms with van der Waals surface area (Å²) in [7, 11) is 1.43. The summed E-state index contributed by atoms with van der Waals surface area (Å²) in [5, 5.41) is 19.0. The van der Waals surface area contributed by atoms with Crippen molar-refractivity contribution in [2.75, 3.05) is 13.7 Å². The maximum Gasteiger partial charge on any atom is 0.258 e. The number of ether oxygens (including phenoxy) is 1. The van der Waals surface area contributed by atoms with Crippen molar-refractivity contribution in [1.82, 2.24) is 4.90 Å². The van der Waals surface area contributed by atoms with Crippen molar-refractivity contribution < 1.29 is 19.1 Å². The fourth-order valence-electron chi connectivity index (χ4n) is 2.26. The third-order valence-corrected chi connectivity index (χ3v) is 3.38. The lowest BCUT2D eigenvalue weighted by Gasteiger charge is -2.21. The molecule has 0 fully saturated rings. The van der Waals surface area contributed by atoms with Crippen LogP contribution < -0.4 is 4.74 Å². The molecule has 1 aromatic carbocycles. The van der Waals surface area contributed by atoms with Crippen LogP contribution in [0.3, 0.4) is 0 Å². The van der Waals surface area contributed by atoms with Crippen molar-refractivity contribution in [3.63, 3.8) is 0 Å². The Hall–Kier alpha value is -2.94. The van der Waals surface area contributed by atoms with Gasteiger partial charge in [-0.25, -0.2) is 0 Å². The normalized spacial score (nSPS) is 10.1. The van der Waals surface area contributed by atoms with Crippen LogP contribution in [0.4, 0.5) is 0 Å². The Balaban J connectivity index is 2.33. The number of carbonyl (C=O) groups excluding carboxylic acids is 1. The predicted molar refractivity (Wildman–Crippen MR) is 83.1 cm³/mol. The van der Waals surface area contributed by atoms with Crippen LogP contribution in [-0.2, 0) is 6.54 Å². The third kappa shape index (κ3) is 3.83. The molecule has 6 heteroatoms. The number of hydrogen-bond acceptors (Lipinski definition) is 5. The topological polar surface area (TPSA) is 86.7 Å². The molecule has 0 unspecified atom stereocenters. The molecule has 0 spiro atoms. The van der Waals surface area contributed by atoms with Crippen molar-refractivity contribution in [3.05, 3.63) is 47.4 Å². The highest BCUT2D eigenvalue weighted by atomic mass is 16.5. The number of furan rings is 1. The third-order valence-electron chi connectivity index (χ3n) is 3.38. The van der Waals surface area contributed by atoms with Gasteiger partial charge in [-0.15, -0.1) is 0 Å². The molecule has 1 amide bonds. The second-order valence-electron chi connectivity index (χ2n) is 5.08. The lowest BCUT2D eigenvalue weighted by Crippen LogP contribution is -2.31. The largest absolute Gasteiger partial charge is 0.504 e. The van der Waals surface area contributed by atoms with Crippen molar-refractivity contribution in [2.45, 2.75) is 19.9 Å². The SMILES string of the molecule is COc1cc(C)cc(C(=O)N(CCC#N)Cc2ccco2)c1O. The maximum atomic E-state index is 12.8. The molecule has 1 N–H and O–H groups in total. The van der Waals surface area contributed by atoms with E-state index in [9.17, 15) is 9.90 Å². The van der Waals surface area contributed by atoms with E-state index in [4.69, 9.17) is 14.4 Å². The molecule has 2 rings (SSSR count). The first-order chi connectivity index (χ1) is 11.1. The molecule has 0 radical (unpaired) electrons. The summed E-state index contributed by atoms with van der Waals surface area (Å²) in [4.78, 5) is 14.2. The van der Waals surface area contributed by atoms with Gasteiger partial charge in [0, 0.05) is 6.54 Å². The molecule has 0 saturated heterocycles. The Labute approximate surface area is 134 Å². The highest BCUT2D eigenvalue weighted by Crippen LogP contribution is 2.32. The number of phenols is 1. The van der Waals surface area contributed by atoms with E-state index in [1.807, 2.05) is 13.0 Å². The minimum absolute atomic E-state index is 0.145. The number of hydrogen-bond donors (Lipinski definition) is 1. The lowest BCUT2D eigenvalue weighted by atomic mass is 10.1. The Morgan fingerprint density at radius 3 is 2.87 bits per heavy atom. The van der Waals surface area contributed by atoms with Crippen LogP contribution in [-0.4, -0.2) is 29.6 Å². The van der Waals surface area contributed by atoms with E-state index in [-0.39, 0.29) is 42.5 Å². The first kappa shape index (κ1) is 16.4. The zero-order valence-electron chi connectivity index (χ0n) is 13.1. The molecular formula is C17H18N2O4. The van der Waals surface area contributed by atoms with Crippen molar-refractivity contribution >= 4 is 5.91 Å². The van der Waals surface area contributed by atoms with E-state index in [1.165, 1.54) is 18.3 Å². The Kier molecular flexibility index (Phi) is 5.26. The van der Waals surface area contributed by atoms with Gasteiger partial charge in [-0.1, -0.05) is 0 Å². The van der Waals surface area contributed by atoms with E-state index in [0.29, 0.717) is 5.76 Å². The summed E-state index contributed by atoms with van der Waals surface area (Å²) in [6.45, 7) is 2.28. The molecule has 120 valence electrons. The Bertz CT molecular complexity index is 717. The number of benzene rings is 1. The zero-order chi connectivity index (χ0) is 16.8. The second kappa shape index (κ2) is 7.36. The molecule has 0 aliphatic heterocycles. The maximum absolute atomic E-state index is 12.8. The Morgan fingerprint density at radius 1 is 1.48 bits per heavy atom. The smallest absolute Gasteiger partial charge is 0.258 e. The van der Waals surface area contributed by atoms with Crippen molar-refractivity contribution in [1.29, 1.82) is 5.26 Å². The van der Waals surface area contributed by atoms with Crippen LogP contribution >= 0.6 is 0 Å². The molecule has 0 atom stereocenters. The van der Waals surface area contributed by atoms with Crippen LogP contribution in [0.25, 0.3) is 0 Å². The van der Waals surface area contributed by atoms with E-state index >= 15 is 0 Å². The van der Waals surface area contributed by atoms with E-state index < -0.39 is 0 Å². The van der Waals surface area contributed by atoms with Crippen LogP contribution in [0.2, 0.25) is 0 Å². The van der Waals surface area contributed by atoms with Crippen LogP contribution in [0.15, 0.2) is 34.9 Å².